The minimum atomic E-state index is -4.47. The minimum absolute atomic E-state index is 0.196. The first-order valence-electron chi connectivity index (χ1n) is 9.95. The molecule has 0 heterocycles. The minimum Gasteiger partial charge on any atom is -0.489 e. The molecule has 5 heteroatoms. The Bertz CT molecular complexity index is 1050. The van der Waals surface area contributed by atoms with Crippen LogP contribution in [0.15, 0.2) is 54.6 Å². The van der Waals surface area contributed by atoms with Crippen molar-refractivity contribution in [1.29, 1.82) is 0 Å². The summed E-state index contributed by atoms with van der Waals surface area (Å²) in [7, 11) is 0. The number of aryl methyl sites for hydroxylation is 2. The molecule has 0 saturated heterocycles. The van der Waals surface area contributed by atoms with Crippen LogP contribution in [0.4, 0.5) is 13.2 Å². The van der Waals surface area contributed by atoms with Gasteiger partial charge in [-0.2, -0.15) is 13.2 Å². The van der Waals surface area contributed by atoms with Crippen LogP contribution in [0.25, 0.3) is 11.1 Å². The molecular weight excluding hydrogens is 389 g/mol. The number of aliphatic hydroxyl groups excluding tert-OH is 1. The fraction of sp³-hybridized carbons (Fsp3) is 0.280. The van der Waals surface area contributed by atoms with Crippen molar-refractivity contribution in [3.8, 4) is 16.9 Å². The summed E-state index contributed by atoms with van der Waals surface area (Å²) in [6.45, 7) is 4.01. The number of alkyl halides is 3. The normalized spacial score (nSPS) is 15.9. The Morgan fingerprint density at radius 1 is 0.967 bits per heavy atom. The zero-order valence-electron chi connectivity index (χ0n) is 16.9. The van der Waals surface area contributed by atoms with Crippen LogP contribution in [-0.4, -0.2) is 5.11 Å². The van der Waals surface area contributed by atoms with Gasteiger partial charge in [0, 0.05) is 0 Å². The lowest BCUT2D eigenvalue weighted by molar-refractivity contribution is -0.137. The van der Waals surface area contributed by atoms with Crippen LogP contribution in [0.1, 0.15) is 45.9 Å². The number of aliphatic hydroxyl groups is 1. The summed E-state index contributed by atoms with van der Waals surface area (Å²) in [4.78, 5) is 0. The van der Waals surface area contributed by atoms with Crippen molar-refractivity contribution < 1.29 is 23.0 Å². The van der Waals surface area contributed by atoms with Crippen molar-refractivity contribution >= 4 is 0 Å². The van der Waals surface area contributed by atoms with E-state index in [1.807, 2.05) is 44.2 Å². The van der Waals surface area contributed by atoms with Gasteiger partial charge in [0.25, 0.3) is 0 Å². The second-order valence-electron chi connectivity index (χ2n) is 7.81. The van der Waals surface area contributed by atoms with E-state index < -0.39 is 17.8 Å². The smallest absolute Gasteiger partial charge is 0.417 e. The maximum atomic E-state index is 13.9. The number of benzene rings is 3. The molecule has 0 amide bonds. The summed E-state index contributed by atoms with van der Waals surface area (Å²) in [5.74, 6) is 0.624. The maximum absolute atomic E-state index is 13.9. The lowest BCUT2D eigenvalue weighted by atomic mass is 9.86. The summed E-state index contributed by atoms with van der Waals surface area (Å²) in [6, 6.07) is 15.8. The van der Waals surface area contributed by atoms with Crippen molar-refractivity contribution in [2.75, 3.05) is 0 Å². The zero-order valence-corrected chi connectivity index (χ0v) is 16.9. The molecule has 156 valence electrons. The third-order valence-corrected chi connectivity index (χ3v) is 5.69. The van der Waals surface area contributed by atoms with Gasteiger partial charge >= 0.3 is 6.18 Å². The molecule has 30 heavy (non-hydrogen) atoms. The fourth-order valence-electron chi connectivity index (χ4n) is 4.35. The molecule has 0 fully saturated rings. The highest BCUT2D eigenvalue weighted by Crippen LogP contribution is 2.47. The molecule has 0 aromatic heterocycles. The van der Waals surface area contributed by atoms with E-state index in [-0.39, 0.29) is 5.56 Å². The van der Waals surface area contributed by atoms with Crippen molar-refractivity contribution in [3.05, 3.63) is 88.0 Å². The summed E-state index contributed by atoms with van der Waals surface area (Å²) in [6.07, 6.45) is -4.31. The van der Waals surface area contributed by atoms with Gasteiger partial charge in [0.15, 0.2) is 0 Å². The van der Waals surface area contributed by atoms with Gasteiger partial charge in [-0.05, 0) is 83.8 Å². The summed E-state index contributed by atoms with van der Waals surface area (Å²) in [5.41, 5.74) is 3.77. The number of hydrogen-bond donors (Lipinski definition) is 1. The van der Waals surface area contributed by atoms with Crippen molar-refractivity contribution in [3.63, 3.8) is 0 Å². The SMILES string of the molecule is Cc1cc(OCc2ccccc2)cc(C)c1-c1c(C(F)(F)F)ccc2c1CC[C@@H]2O. The molecule has 1 aliphatic carbocycles. The Labute approximate surface area is 173 Å². The van der Waals surface area contributed by atoms with Crippen LogP contribution >= 0.6 is 0 Å². The monoisotopic (exact) mass is 412 g/mol. The van der Waals surface area contributed by atoms with Gasteiger partial charge in [-0.15, -0.1) is 0 Å². The molecule has 0 bridgehead atoms. The standard InChI is InChI=1S/C25H23F3O2/c1-15-12-18(30-14-17-6-4-3-5-7-17)13-16(2)23(15)24-20-9-11-22(29)19(20)8-10-21(24)25(26,27)28/h3-8,10,12-13,22,29H,9,11,14H2,1-2H3/t22-/m0/s1. The first-order valence-corrected chi connectivity index (χ1v) is 9.95. The molecule has 3 aromatic rings. The summed E-state index contributed by atoms with van der Waals surface area (Å²) >= 11 is 0. The number of rotatable bonds is 4. The van der Waals surface area contributed by atoms with Crippen LogP contribution in [-0.2, 0) is 19.2 Å². The van der Waals surface area contributed by atoms with E-state index in [9.17, 15) is 18.3 Å². The lowest BCUT2D eigenvalue weighted by Crippen LogP contribution is -2.11. The molecule has 0 spiro atoms. The van der Waals surface area contributed by atoms with E-state index in [1.54, 1.807) is 12.1 Å². The molecule has 0 radical (unpaired) electrons. The molecular formula is C25H23F3O2. The Kier molecular flexibility index (Phi) is 5.33. The highest BCUT2D eigenvalue weighted by atomic mass is 19.4. The Balaban J connectivity index is 1.78. The van der Waals surface area contributed by atoms with Crippen molar-refractivity contribution in [2.24, 2.45) is 0 Å². The third kappa shape index (κ3) is 3.82. The first-order chi connectivity index (χ1) is 14.3. The number of ether oxygens (including phenoxy) is 1. The van der Waals surface area contributed by atoms with Crippen molar-refractivity contribution in [2.45, 2.75) is 45.6 Å². The average molecular weight is 412 g/mol. The molecule has 3 aromatic carbocycles. The van der Waals surface area contributed by atoms with E-state index >= 15 is 0 Å². The zero-order chi connectivity index (χ0) is 21.5. The predicted molar refractivity (Wildman–Crippen MR) is 110 cm³/mol. The molecule has 0 unspecified atom stereocenters. The second-order valence-corrected chi connectivity index (χ2v) is 7.81. The van der Waals surface area contributed by atoms with Crippen LogP contribution in [0.5, 0.6) is 5.75 Å². The Morgan fingerprint density at radius 2 is 1.63 bits per heavy atom. The topological polar surface area (TPSA) is 29.5 Å². The van der Waals surface area contributed by atoms with Gasteiger partial charge in [-0.3, -0.25) is 0 Å². The van der Waals surface area contributed by atoms with Gasteiger partial charge in [0.2, 0.25) is 0 Å². The lowest BCUT2D eigenvalue weighted by Gasteiger charge is -2.21. The van der Waals surface area contributed by atoms with E-state index in [2.05, 4.69) is 0 Å². The quantitative estimate of drug-likeness (QED) is 0.527. The Morgan fingerprint density at radius 3 is 2.27 bits per heavy atom. The highest BCUT2D eigenvalue weighted by Gasteiger charge is 2.38. The molecule has 0 saturated carbocycles. The average Bonchev–Trinajstić information content (AvgIpc) is 3.07. The molecule has 0 aliphatic heterocycles. The molecule has 1 N–H and O–H groups in total. The second kappa shape index (κ2) is 7.80. The van der Waals surface area contributed by atoms with Crippen molar-refractivity contribution in [1.82, 2.24) is 0 Å². The fourth-order valence-corrected chi connectivity index (χ4v) is 4.35. The van der Waals surface area contributed by atoms with Gasteiger partial charge < -0.3 is 9.84 Å². The van der Waals surface area contributed by atoms with Crippen LogP contribution in [0.3, 0.4) is 0 Å². The van der Waals surface area contributed by atoms with E-state index in [1.165, 1.54) is 6.07 Å². The highest BCUT2D eigenvalue weighted by molar-refractivity contribution is 5.79. The van der Waals surface area contributed by atoms with Crippen LogP contribution in [0, 0.1) is 13.8 Å². The van der Waals surface area contributed by atoms with Gasteiger partial charge in [0.1, 0.15) is 12.4 Å². The van der Waals surface area contributed by atoms with E-state index in [0.717, 1.165) is 22.8 Å². The number of fused-ring (bicyclic) bond motifs is 1. The van der Waals surface area contributed by atoms with Gasteiger partial charge in [-0.25, -0.2) is 0 Å². The third-order valence-electron chi connectivity index (χ3n) is 5.69. The van der Waals surface area contributed by atoms with Gasteiger partial charge in [-0.1, -0.05) is 36.4 Å². The van der Waals surface area contributed by atoms with E-state index in [0.29, 0.717) is 41.9 Å². The van der Waals surface area contributed by atoms with Gasteiger partial charge in [0.05, 0.1) is 11.7 Å². The van der Waals surface area contributed by atoms with Crippen LogP contribution < -0.4 is 4.74 Å². The Hall–Kier alpha value is -2.79. The maximum Gasteiger partial charge on any atom is 0.417 e. The van der Waals surface area contributed by atoms with E-state index in [4.69, 9.17) is 4.74 Å². The first kappa shape index (κ1) is 20.5. The number of hydrogen-bond acceptors (Lipinski definition) is 2. The predicted octanol–water partition coefficient (Wildman–Crippen LogP) is 6.55. The summed E-state index contributed by atoms with van der Waals surface area (Å²) in [5, 5.41) is 10.2. The molecule has 4 rings (SSSR count). The largest absolute Gasteiger partial charge is 0.489 e. The summed E-state index contributed by atoms with van der Waals surface area (Å²) < 4.78 is 47.5. The molecule has 1 aliphatic rings. The van der Waals surface area contributed by atoms with Crippen LogP contribution in [0.2, 0.25) is 0 Å². The molecule has 2 nitrogen and oxygen atoms in total. The molecule has 1 atom stereocenters. The number of halogens is 3.